The molecule has 0 unspecified atom stereocenters. The molecule has 0 saturated carbocycles. The second-order valence-electron chi connectivity index (χ2n) is 8.12. The Morgan fingerprint density at radius 2 is 1.85 bits per heavy atom. The van der Waals surface area contributed by atoms with Crippen molar-refractivity contribution in [3.63, 3.8) is 0 Å². The fraction of sp³-hybridized carbons (Fsp3) is 0.550. The molecule has 1 aliphatic rings. The first-order valence-electron chi connectivity index (χ1n) is 9.18. The van der Waals surface area contributed by atoms with Gasteiger partial charge >= 0.3 is 12.1 Å². The fourth-order valence-electron chi connectivity index (χ4n) is 3.37. The zero-order valence-electron chi connectivity index (χ0n) is 16.5. The van der Waals surface area contributed by atoms with Gasteiger partial charge in [0.05, 0.1) is 20.8 Å². The third-order valence-corrected chi connectivity index (χ3v) is 6.16. The summed E-state index contributed by atoms with van der Waals surface area (Å²) in [5.74, 6) is -0.618. The van der Waals surface area contributed by atoms with Crippen molar-refractivity contribution in [3.8, 4) is 0 Å². The summed E-state index contributed by atoms with van der Waals surface area (Å²) in [4.78, 5) is 30.3. The highest BCUT2D eigenvalue weighted by molar-refractivity contribution is 7.18. The molecule has 6 nitrogen and oxygen atoms in total. The molecule has 0 atom stereocenters. The molecule has 2 aromatic rings. The van der Waals surface area contributed by atoms with Crippen molar-refractivity contribution in [1.82, 2.24) is 9.88 Å². The van der Waals surface area contributed by atoms with Crippen LogP contribution in [0, 0.1) is 13.8 Å². The van der Waals surface area contributed by atoms with Crippen LogP contribution in [0.2, 0.25) is 0 Å². The van der Waals surface area contributed by atoms with Crippen molar-refractivity contribution < 1.29 is 19.4 Å². The number of carboxylic acids is 1. The Kier molecular flexibility index (Phi) is 5.16. The number of carboxylic acid groups (broad SMARTS) is 1. The zero-order valence-corrected chi connectivity index (χ0v) is 17.3. The molecule has 2 heterocycles. The third kappa shape index (κ3) is 4.08. The number of benzene rings is 1. The Bertz CT molecular complexity index is 889. The smallest absolute Gasteiger partial charge is 0.410 e. The molecule has 0 radical (unpaired) electrons. The highest BCUT2D eigenvalue weighted by Gasteiger charge is 2.29. The van der Waals surface area contributed by atoms with Crippen LogP contribution < -0.4 is 0 Å². The van der Waals surface area contributed by atoms with E-state index < -0.39 is 11.6 Å². The van der Waals surface area contributed by atoms with Crippen molar-refractivity contribution in [1.29, 1.82) is 0 Å². The molecule has 1 fully saturated rings. The van der Waals surface area contributed by atoms with Crippen LogP contribution in [0.3, 0.4) is 0 Å². The molecule has 0 aliphatic carbocycles. The highest BCUT2D eigenvalue weighted by Crippen LogP contribution is 2.36. The van der Waals surface area contributed by atoms with Crippen LogP contribution >= 0.6 is 11.3 Å². The molecule has 1 amide bonds. The van der Waals surface area contributed by atoms with Gasteiger partial charge in [-0.1, -0.05) is 0 Å². The van der Waals surface area contributed by atoms with Gasteiger partial charge in [-0.2, -0.15) is 0 Å². The number of carbonyl (C=O) groups excluding carboxylic acids is 1. The molecule has 146 valence electrons. The Morgan fingerprint density at radius 1 is 1.22 bits per heavy atom. The van der Waals surface area contributed by atoms with Gasteiger partial charge in [0, 0.05) is 19.0 Å². The largest absolute Gasteiger partial charge is 0.478 e. The van der Waals surface area contributed by atoms with E-state index in [1.165, 1.54) is 0 Å². The van der Waals surface area contributed by atoms with Gasteiger partial charge in [0.25, 0.3) is 0 Å². The van der Waals surface area contributed by atoms with Crippen LogP contribution in [0.25, 0.3) is 10.2 Å². The quantitative estimate of drug-likeness (QED) is 0.802. The number of aromatic carboxylic acids is 1. The molecular weight excluding hydrogens is 364 g/mol. The van der Waals surface area contributed by atoms with E-state index in [0.717, 1.165) is 39.2 Å². The first-order valence-corrected chi connectivity index (χ1v) is 10.0. The van der Waals surface area contributed by atoms with Crippen LogP contribution in [-0.4, -0.2) is 45.7 Å². The lowest BCUT2D eigenvalue weighted by Crippen LogP contribution is -2.41. The maximum atomic E-state index is 12.2. The van der Waals surface area contributed by atoms with Crippen molar-refractivity contribution in [2.24, 2.45) is 0 Å². The fourth-order valence-corrected chi connectivity index (χ4v) is 4.60. The van der Waals surface area contributed by atoms with Gasteiger partial charge in [0.15, 0.2) is 0 Å². The predicted octanol–water partition coefficient (Wildman–Crippen LogP) is 4.73. The lowest BCUT2D eigenvalue weighted by Gasteiger charge is -2.32. The van der Waals surface area contributed by atoms with E-state index in [9.17, 15) is 14.7 Å². The first kappa shape index (κ1) is 19.6. The third-order valence-electron chi connectivity index (χ3n) is 4.99. The summed E-state index contributed by atoms with van der Waals surface area (Å²) in [7, 11) is 0. The summed E-state index contributed by atoms with van der Waals surface area (Å²) < 4.78 is 6.37. The lowest BCUT2D eigenvalue weighted by atomic mass is 9.97. The Labute approximate surface area is 163 Å². The number of hydrogen-bond acceptors (Lipinski definition) is 5. The van der Waals surface area contributed by atoms with Crippen molar-refractivity contribution >= 4 is 33.6 Å². The van der Waals surface area contributed by atoms with Crippen molar-refractivity contribution in [3.05, 3.63) is 27.8 Å². The summed E-state index contributed by atoms with van der Waals surface area (Å²) in [6, 6.07) is 1.73. The van der Waals surface area contributed by atoms with Gasteiger partial charge in [0.1, 0.15) is 5.60 Å². The number of carbonyl (C=O) groups is 2. The van der Waals surface area contributed by atoms with Crippen LogP contribution in [0.4, 0.5) is 4.79 Å². The van der Waals surface area contributed by atoms with Crippen LogP contribution in [0.15, 0.2) is 6.07 Å². The number of piperidine rings is 1. The van der Waals surface area contributed by atoms with Gasteiger partial charge in [-0.15, -0.1) is 11.3 Å². The Hall–Kier alpha value is -2.15. The summed E-state index contributed by atoms with van der Waals surface area (Å²) in [6.07, 6.45) is 1.41. The Morgan fingerprint density at radius 3 is 2.41 bits per heavy atom. The maximum Gasteiger partial charge on any atom is 0.410 e. The number of fused-ring (bicyclic) bond motifs is 1. The van der Waals surface area contributed by atoms with E-state index in [0.29, 0.717) is 18.7 Å². The van der Waals surface area contributed by atoms with E-state index in [1.807, 2.05) is 34.6 Å². The normalized spacial score (nSPS) is 16.0. The second-order valence-corrected chi connectivity index (χ2v) is 9.18. The average Bonchev–Trinajstić information content (AvgIpc) is 3.01. The van der Waals surface area contributed by atoms with Gasteiger partial charge in [-0.05, 0) is 64.7 Å². The van der Waals surface area contributed by atoms with Gasteiger partial charge in [-0.25, -0.2) is 14.6 Å². The average molecular weight is 391 g/mol. The highest BCUT2D eigenvalue weighted by atomic mass is 32.1. The molecule has 1 aromatic heterocycles. The second kappa shape index (κ2) is 7.11. The van der Waals surface area contributed by atoms with E-state index in [1.54, 1.807) is 22.3 Å². The molecule has 1 saturated heterocycles. The number of hydrogen-bond donors (Lipinski definition) is 1. The number of rotatable bonds is 2. The molecule has 1 N–H and O–H groups in total. The number of likely N-dealkylation sites (tertiary alicyclic amines) is 1. The number of aromatic nitrogens is 1. The summed E-state index contributed by atoms with van der Waals surface area (Å²) in [5.41, 5.74) is 2.45. The van der Waals surface area contributed by atoms with Crippen molar-refractivity contribution in [2.75, 3.05) is 13.1 Å². The molecule has 1 aliphatic heterocycles. The molecule has 3 rings (SSSR count). The first-order chi connectivity index (χ1) is 12.6. The van der Waals surface area contributed by atoms with Gasteiger partial charge in [-0.3, -0.25) is 0 Å². The Balaban J connectivity index is 1.77. The number of aryl methyl sites for hydroxylation is 1. The van der Waals surface area contributed by atoms with Gasteiger partial charge < -0.3 is 14.7 Å². The summed E-state index contributed by atoms with van der Waals surface area (Å²) in [6.45, 7) is 10.7. The van der Waals surface area contributed by atoms with Crippen LogP contribution in [-0.2, 0) is 4.74 Å². The number of nitrogens with zero attached hydrogens (tertiary/aromatic N) is 2. The predicted molar refractivity (Wildman–Crippen MR) is 106 cm³/mol. The van der Waals surface area contributed by atoms with E-state index in [2.05, 4.69) is 0 Å². The minimum absolute atomic E-state index is 0.261. The molecular formula is C20H26N2O4S. The van der Waals surface area contributed by atoms with E-state index in [-0.39, 0.29) is 12.0 Å². The molecule has 0 bridgehead atoms. The van der Waals surface area contributed by atoms with Gasteiger partial charge in [0.2, 0.25) is 0 Å². The van der Waals surface area contributed by atoms with Crippen LogP contribution in [0.5, 0.6) is 0 Å². The molecule has 7 heteroatoms. The SMILES string of the molecule is Cc1c(C(=O)O)cc2sc(C3CCN(C(=O)OC(C)(C)C)CC3)nc2c1C. The monoisotopic (exact) mass is 390 g/mol. The molecule has 1 aromatic carbocycles. The van der Waals surface area contributed by atoms with Crippen LogP contribution in [0.1, 0.15) is 66.0 Å². The molecule has 27 heavy (non-hydrogen) atoms. The number of amides is 1. The van der Waals surface area contributed by atoms with E-state index >= 15 is 0 Å². The topological polar surface area (TPSA) is 79.7 Å². The maximum absolute atomic E-state index is 12.2. The van der Waals surface area contributed by atoms with Crippen molar-refractivity contribution in [2.45, 2.75) is 59.0 Å². The number of thiazole rings is 1. The lowest BCUT2D eigenvalue weighted by molar-refractivity contribution is 0.0204. The minimum atomic E-state index is -0.905. The molecule has 0 spiro atoms. The zero-order chi connectivity index (χ0) is 19.9. The van der Waals surface area contributed by atoms with E-state index in [4.69, 9.17) is 9.72 Å². The standard InChI is InChI=1S/C20H26N2O4S/c1-11-12(2)16-15(10-14(11)18(23)24)27-17(21-16)13-6-8-22(9-7-13)19(25)26-20(3,4)5/h10,13H,6-9H2,1-5H3,(H,23,24). The minimum Gasteiger partial charge on any atom is -0.478 e. The summed E-state index contributed by atoms with van der Waals surface area (Å²) in [5, 5.41) is 10.4. The number of ether oxygens (including phenoxy) is 1. The summed E-state index contributed by atoms with van der Waals surface area (Å²) >= 11 is 1.57.